The van der Waals surface area contributed by atoms with E-state index >= 15 is 0 Å². The topological polar surface area (TPSA) is 34.1 Å². The molecule has 1 heterocycles. The second-order valence-electron chi connectivity index (χ2n) is 3.86. The predicted molar refractivity (Wildman–Crippen MR) is 75.7 cm³/mol. The van der Waals surface area contributed by atoms with Gasteiger partial charge >= 0.3 is 0 Å². The highest BCUT2D eigenvalue weighted by Gasteiger charge is 2.07. The lowest BCUT2D eigenvalue weighted by Gasteiger charge is -2.04. The Morgan fingerprint density at radius 1 is 1.06 bits per heavy atom. The van der Waals surface area contributed by atoms with Gasteiger partial charge < -0.3 is 10.1 Å². The smallest absolute Gasteiger partial charge is 0.207 e. The van der Waals surface area contributed by atoms with Crippen LogP contribution in [0.25, 0.3) is 10.9 Å². The zero-order valence-electron chi connectivity index (χ0n) is 9.88. The van der Waals surface area contributed by atoms with E-state index in [1.54, 1.807) is 0 Å². The molecule has 2 aromatic carbocycles. The number of hydrogen-bond acceptors (Lipinski definition) is 4. The van der Waals surface area contributed by atoms with E-state index in [1.807, 2.05) is 55.6 Å². The van der Waals surface area contributed by atoms with Crippen molar-refractivity contribution < 1.29 is 4.74 Å². The highest BCUT2D eigenvalue weighted by molar-refractivity contribution is 7.09. The molecule has 18 heavy (non-hydrogen) atoms. The standard InChI is InChI=1S/C14H12N2OS/c1-15-10-6-8-11(9-7-10)17-14-12-4-2-3-5-13(12)16-18-14/h2-9,15H,1H3. The SMILES string of the molecule is CNc1ccc(Oc2snc3ccccc23)cc1. The van der Waals surface area contributed by atoms with Crippen LogP contribution in [0.2, 0.25) is 0 Å². The van der Waals surface area contributed by atoms with Crippen LogP contribution in [0.15, 0.2) is 48.5 Å². The van der Waals surface area contributed by atoms with Crippen molar-refractivity contribution in [1.29, 1.82) is 0 Å². The van der Waals surface area contributed by atoms with Gasteiger partial charge in [0, 0.05) is 24.3 Å². The van der Waals surface area contributed by atoms with E-state index in [2.05, 4.69) is 9.69 Å². The maximum atomic E-state index is 5.86. The van der Waals surface area contributed by atoms with Crippen molar-refractivity contribution in [3.8, 4) is 10.8 Å². The quantitative estimate of drug-likeness (QED) is 0.765. The van der Waals surface area contributed by atoms with E-state index in [9.17, 15) is 0 Å². The minimum atomic E-state index is 0.823. The molecule has 0 fully saturated rings. The molecular formula is C14H12N2OS. The highest BCUT2D eigenvalue weighted by atomic mass is 32.1. The Labute approximate surface area is 109 Å². The number of benzene rings is 2. The van der Waals surface area contributed by atoms with Gasteiger partial charge in [-0.3, -0.25) is 0 Å². The molecule has 0 aliphatic carbocycles. The molecule has 0 atom stereocenters. The van der Waals surface area contributed by atoms with Gasteiger partial charge in [0.25, 0.3) is 0 Å². The molecule has 0 unspecified atom stereocenters. The van der Waals surface area contributed by atoms with E-state index in [1.165, 1.54) is 11.5 Å². The first kappa shape index (κ1) is 11.0. The van der Waals surface area contributed by atoms with E-state index in [0.717, 1.165) is 27.4 Å². The second kappa shape index (κ2) is 4.66. The average molecular weight is 256 g/mol. The maximum Gasteiger partial charge on any atom is 0.207 e. The molecule has 3 aromatic rings. The van der Waals surface area contributed by atoms with Gasteiger partial charge in [-0.1, -0.05) is 12.1 Å². The Hall–Kier alpha value is -2.07. The summed E-state index contributed by atoms with van der Waals surface area (Å²) in [4.78, 5) is 0. The van der Waals surface area contributed by atoms with Crippen molar-refractivity contribution in [2.24, 2.45) is 0 Å². The molecular weight excluding hydrogens is 244 g/mol. The lowest BCUT2D eigenvalue weighted by molar-refractivity contribution is 0.501. The summed E-state index contributed by atoms with van der Waals surface area (Å²) in [5.74, 6) is 0.823. The van der Waals surface area contributed by atoms with Crippen LogP contribution in [0, 0.1) is 0 Å². The van der Waals surface area contributed by atoms with Crippen LogP contribution in [-0.4, -0.2) is 11.4 Å². The number of hydrogen-bond donors (Lipinski definition) is 1. The fourth-order valence-corrected chi connectivity index (χ4v) is 2.48. The summed E-state index contributed by atoms with van der Waals surface area (Å²) in [6.07, 6.45) is 0. The van der Waals surface area contributed by atoms with E-state index in [4.69, 9.17) is 4.74 Å². The van der Waals surface area contributed by atoms with Gasteiger partial charge in [0.2, 0.25) is 5.06 Å². The summed E-state index contributed by atoms with van der Waals surface area (Å²) < 4.78 is 10.2. The summed E-state index contributed by atoms with van der Waals surface area (Å²) in [6, 6.07) is 15.8. The summed E-state index contributed by atoms with van der Waals surface area (Å²) in [5, 5.41) is 4.97. The van der Waals surface area contributed by atoms with Gasteiger partial charge in [-0.2, -0.15) is 4.37 Å². The largest absolute Gasteiger partial charge is 0.444 e. The Morgan fingerprint density at radius 2 is 1.83 bits per heavy atom. The van der Waals surface area contributed by atoms with Crippen LogP contribution < -0.4 is 10.1 Å². The normalized spacial score (nSPS) is 10.5. The highest BCUT2D eigenvalue weighted by Crippen LogP contribution is 2.33. The van der Waals surface area contributed by atoms with Crippen LogP contribution >= 0.6 is 11.5 Å². The van der Waals surface area contributed by atoms with Crippen molar-refractivity contribution in [3.05, 3.63) is 48.5 Å². The van der Waals surface area contributed by atoms with Crippen molar-refractivity contribution in [2.45, 2.75) is 0 Å². The molecule has 0 bridgehead atoms. The third-order valence-electron chi connectivity index (χ3n) is 2.70. The van der Waals surface area contributed by atoms with Crippen molar-refractivity contribution >= 4 is 28.1 Å². The van der Waals surface area contributed by atoms with Crippen molar-refractivity contribution in [1.82, 2.24) is 4.37 Å². The first-order chi connectivity index (χ1) is 8.86. The van der Waals surface area contributed by atoms with Crippen LogP contribution in [0.3, 0.4) is 0 Å². The van der Waals surface area contributed by atoms with Gasteiger partial charge in [-0.05, 0) is 36.4 Å². The molecule has 0 spiro atoms. The fraction of sp³-hybridized carbons (Fsp3) is 0.0714. The molecule has 0 saturated heterocycles. The second-order valence-corrected chi connectivity index (χ2v) is 4.60. The molecule has 0 radical (unpaired) electrons. The molecule has 3 rings (SSSR count). The maximum absolute atomic E-state index is 5.86. The number of nitrogens with one attached hydrogen (secondary N) is 1. The molecule has 4 heteroatoms. The van der Waals surface area contributed by atoms with Crippen LogP contribution in [0.5, 0.6) is 10.8 Å². The van der Waals surface area contributed by atoms with E-state index in [-0.39, 0.29) is 0 Å². The minimum absolute atomic E-state index is 0.823. The summed E-state index contributed by atoms with van der Waals surface area (Å²) in [7, 11) is 1.90. The van der Waals surface area contributed by atoms with Crippen molar-refractivity contribution in [2.75, 3.05) is 12.4 Å². The Morgan fingerprint density at radius 3 is 2.61 bits per heavy atom. The van der Waals surface area contributed by atoms with Gasteiger partial charge in [0.1, 0.15) is 5.75 Å². The van der Waals surface area contributed by atoms with Gasteiger partial charge in [0.15, 0.2) is 0 Å². The molecule has 1 N–H and O–H groups in total. The van der Waals surface area contributed by atoms with Crippen LogP contribution in [0.4, 0.5) is 5.69 Å². The van der Waals surface area contributed by atoms with Gasteiger partial charge in [0.05, 0.1) is 10.9 Å². The zero-order chi connectivity index (χ0) is 12.4. The summed E-state index contributed by atoms with van der Waals surface area (Å²) in [5.41, 5.74) is 2.04. The van der Waals surface area contributed by atoms with E-state index in [0.29, 0.717) is 0 Å². The van der Waals surface area contributed by atoms with Crippen LogP contribution in [0.1, 0.15) is 0 Å². The predicted octanol–water partition coefficient (Wildman–Crippen LogP) is 4.13. The van der Waals surface area contributed by atoms with Gasteiger partial charge in [-0.25, -0.2) is 0 Å². The summed E-state index contributed by atoms with van der Waals surface area (Å²) >= 11 is 1.38. The van der Waals surface area contributed by atoms with Gasteiger partial charge in [-0.15, -0.1) is 0 Å². The monoisotopic (exact) mass is 256 g/mol. The lowest BCUT2D eigenvalue weighted by atomic mass is 10.2. The number of nitrogens with zero attached hydrogens (tertiary/aromatic N) is 1. The fourth-order valence-electron chi connectivity index (χ4n) is 1.74. The van der Waals surface area contributed by atoms with E-state index < -0.39 is 0 Å². The third kappa shape index (κ3) is 2.02. The molecule has 3 nitrogen and oxygen atoms in total. The molecule has 90 valence electrons. The first-order valence-corrected chi connectivity index (χ1v) is 6.44. The Bertz CT molecular complexity index is 661. The average Bonchev–Trinajstić information content (AvgIpc) is 2.83. The lowest BCUT2D eigenvalue weighted by Crippen LogP contribution is -1.87. The number of rotatable bonds is 3. The van der Waals surface area contributed by atoms with Crippen molar-refractivity contribution in [3.63, 3.8) is 0 Å². The molecule has 1 aromatic heterocycles. The van der Waals surface area contributed by atoms with Crippen LogP contribution in [-0.2, 0) is 0 Å². The Kier molecular flexibility index (Phi) is 2.86. The molecule has 0 aliphatic rings. The zero-order valence-corrected chi connectivity index (χ0v) is 10.7. The molecule has 0 aliphatic heterocycles. The molecule has 0 saturated carbocycles. The number of anilines is 1. The summed E-state index contributed by atoms with van der Waals surface area (Å²) in [6.45, 7) is 0. The third-order valence-corrected chi connectivity index (χ3v) is 3.46. The Balaban J connectivity index is 1.91. The minimum Gasteiger partial charge on any atom is -0.444 e. The molecule has 0 amide bonds. The number of aromatic nitrogens is 1. The first-order valence-electron chi connectivity index (χ1n) is 5.67. The number of fused-ring (bicyclic) bond motifs is 1. The number of ether oxygens (including phenoxy) is 1.